The summed E-state index contributed by atoms with van der Waals surface area (Å²) in [5.41, 5.74) is 4.00. The van der Waals surface area contributed by atoms with Gasteiger partial charge in [0.05, 0.1) is 5.69 Å². The van der Waals surface area contributed by atoms with Crippen LogP contribution in [0.25, 0.3) is 16.9 Å². The Morgan fingerprint density at radius 2 is 2.00 bits per heavy atom. The largest absolute Gasteiger partial charge is 0.306 e. The van der Waals surface area contributed by atoms with Gasteiger partial charge < -0.3 is 4.40 Å². The van der Waals surface area contributed by atoms with Crippen molar-refractivity contribution in [2.24, 2.45) is 0 Å². The second-order valence-electron chi connectivity index (χ2n) is 3.80. The van der Waals surface area contributed by atoms with Gasteiger partial charge in [0.25, 0.3) is 0 Å². The van der Waals surface area contributed by atoms with E-state index < -0.39 is 0 Å². The van der Waals surface area contributed by atoms with Gasteiger partial charge in [-0.25, -0.2) is 4.98 Å². The van der Waals surface area contributed by atoms with Crippen LogP contribution in [0.2, 0.25) is 0 Å². The number of rotatable bonds is 2. The molecule has 0 bridgehead atoms. The molecular weight excluding hydrogens is 234 g/mol. The normalized spacial score (nSPS) is 10.9. The Kier molecular flexibility index (Phi) is 2.53. The molecule has 0 saturated heterocycles. The maximum atomic E-state index is 5.81. The first-order valence-corrected chi connectivity index (χ1v) is 5.84. The predicted octanol–water partition coefficient (Wildman–Crippen LogP) is 3.14. The molecule has 0 amide bonds. The van der Waals surface area contributed by atoms with E-state index in [4.69, 9.17) is 11.6 Å². The second kappa shape index (κ2) is 4.18. The molecule has 0 unspecified atom stereocenters. The maximum Gasteiger partial charge on any atom is 0.137 e. The van der Waals surface area contributed by atoms with Gasteiger partial charge in [0, 0.05) is 36.2 Å². The number of hydrogen-bond donors (Lipinski definition) is 0. The number of hydrogen-bond acceptors (Lipinski definition) is 2. The van der Waals surface area contributed by atoms with Crippen molar-refractivity contribution < 1.29 is 0 Å². The van der Waals surface area contributed by atoms with Crippen LogP contribution < -0.4 is 0 Å². The maximum absolute atomic E-state index is 5.81. The van der Waals surface area contributed by atoms with Crippen LogP contribution in [0.5, 0.6) is 0 Å². The number of pyridine rings is 2. The second-order valence-corrected chi connectivity index (χ2v) is 4.06. The van der Waals surface area contributed by atoms with Gasteiger partial charge in [-0.15, -0.1) is 11.6 Å². The van der Waals surface area contributed by atoms with Crippen LogP contribution in [-0.2, 0) is 5.88 Å². The molecule has 3 aromatic rings. The third-order valence-electron chi connectivity index (χ3n) is 2.66. The summed E-state index contributed by atoms with van der Waals surface area (Å²) in [6.45, 7) is 0. The summed E-state index contributed by atoms with van der Waals surface area (Å²) in [7, 11) is 0. The van der Waals surface area contributed by atoms with Crippen LogP contribution in [0.3, 0.4) is 0 Å². The standard InChI is InChI=1S/C13H10ClN3/c14-8-10-3-6-17-9-12(16-13(17)7-10)11-1-4-15-5-2-11/h1-7,9H,8H2. The number of alkyl halides is 1. The molecule has 0 aliphatic carbocycles. The Hall–Kier alpha value is -1.87. The van der Waals surface area contributed by atoms with Gasteiger partial charge in [-0.05, 0) is 29.8 Å². The van der Waals surface area contributed by atoms with Gasteiger partial charge in [-0.3, -0.25) is 4.98 Å². The Morgan fingerprint density at radius 1 is 1.18 bits per heavy atom. The topological polar surface area (TPSA) is 30.2 Å². The van der Waals surface area contributed by atoms with Crippen LogP contribution in [0, 0.1) is 0 Å². The molecule has 0 saturated carbocycles. The molecule has 0 aliphatic rings. The van der Waals surface area contributed by atoms with Crippen molar-refractivity contribution in [1.29, 1.82) is 0 Å². The minimum absolute atomic E-state index is 0.508. The average Bonchev–Trinajstić information content (AvgIpc) is 2.82. The third-order valence-corrected chi connectivity index (χ3v) is 2.96. The Bertz CT molecular complexity index is 646. The molecule has 0 aromatic carbocycles. The van der Waals surface area contributed by atoms with Gasteiger partial charge in [-0.1, -0.05) is 0 Å². The summed E-state index contributed by atoms with van der Waals surface area (Å²) in [4.78, 5) is 8.57. The number of halogens is 1. The number of aromatic nitrogens is 3. The lowest BCUT2D eigenvalue weighted by atomic mass is 10.2. The summed E-state index contributed by atoms with van der Waals surface area (Å²) >= 11 is 5.81. The van der Waals surface area contributed by atoms with Gasteiger partial charge in [0.1, 0.15) is 5.65 Å². The molecule has 0 radical (unpaired) electrons. The lowest BCUT2D eigenvalue weighted by Crippen LogP contribution is -1.84. The fraction of sp³-hybridized carbons (Fsp3) is 0.0769. The van der Waals surface area contributed by atoms with Gasteiger partial charge in [-0.2, -0.15) is 0 Å². The first-order chi connectivity index (χ1) is 8.36. The zero-order valence-electron chi connectivity index (χ0n) is 9.05. The van der Waals surface area contributed by atoms with Crippen molar-refractivity contribution in [2.45, 2.75) is 5.88 Å². The van der Waals surface area contributed by atoms with Crippen molar-refractivity contribution in [3.63, 3.8) is 0 Å². The number of imidazole rings is 1. The highest BCUT2D eigenvalue weighted by Gasteiger charge is 2.04. The Morgan fingerprint density at radius 3 is 2.76 bits per heavy atom. The van der Waals surface area contributed by atoms with Crippen LogP contribution in [-0.4, -0.2) is 14.4 Å². The molecule has 0 N–H and O–H groups in total. The van der Waals surface area contributed by atoms with Crippen LogP contribution in [0.4, 0.5) is 0 Å². The van der Waals surface area contributed by atoms with Gasteiger partial charge >= 0.3 is 0 Å². The van der Waals surface area contributed by atoms with Crippen LogP contribution in [0.1, 0.15) is 5.56 Å². The molecule has 17 heavy (non-hydrogen) atoms. The van der Waals surface area contributed by atoms with Crippen LogP contribution in [0.15, 0.2) is 49.1 Å². The van der Waals surface area contributed by atoms with Crippen molar-refractivity contribution >= 4 is 17.2 Å². The lowest BCUT2D eigenvalue weighted by Gasteiger charge is -1.95. The van der Waals surface area contributed by atoms with E-state index in [1.807, 2.05) is 41.1 Å². The summed E-state index contributed by atoms with van der Waals surface area (Å²) in [6, 6.07) is 7.89. The van der Waals surface area contributed by atoms with E-state index in [0.717, 1.165) is 22.5 Å². The highest BCUT2D eigenvalue weighted by Crippen LogP contribution is 2.19. The molecule has 0 atom stereocenters. The van der Waals surface area contributed by atoms with Crippen molar-refractivity contribution in [3.05, 3.63) is 54.6 Å². The van der Waals surface area contributed by atoms with Crippen molar-refractivity contribution in [2.75, 3.05) is 0 Å². The average molecular weight is 244 g/mol. The molecule has 3 aromatic heterocycles. The molecule has 0 fully saturated rings. The summed E-state index contributed by atoms with van der Waals surface area (Å²) < 4.78 is 1.99. The molecule has 4 heteroatoms. The van der Waals surface area contributed by atoms with E-state index in [1.54, 1.807) is 12.4 Å². The highest BCUT2D eigenvalue weighted by molar-refractivity contribution is 6.17. The van der Waals surface area contributed by atoms with E-state index in [0.29, 0.717) is 5.88 Å². The van der Waals surface area contributed by atoms with E-state index in [-0.39, 0.29) is 0 Å². The molecular formula is C13H10ClN3. The minimum Gasteiger partial charge on any atom is -0.306 e. The summed E-state index contributed by atoms with van der Waals surface area (Å²) in [6.07, 6.45) is 7.51. The first kappa shape index (κ1) is 10.3. The minimum atomic E-state index is 0.508. The fourth-order valence-corrected chi connectivity index (χ4v) is 1.94. The smallest absolute Gasteiger partial charge is 0.137 e. The summed E-state index contributed by atoms with van der Waals surface area (Å²) in [5.74, 6) is 0.508. The monoisotopic (exact) mass is 243 g/mol. The van der Waals surface area contributed by atoms with E-state index in [1.165, 1.54) is 0 Å². The quantitative estimate of drug-likeness (QED) is 0.648. The Labute approximate surface area is 104 Å². The molecule has 3 rings (SSSR count). The fourth-order valence-electron chi connectivity index (χ4n) is 1.77. The third kappa shape index (κ3) is 1.89. The Balaban J connectivity index is 2.14. The van der Waals surface area contributed by atoms with E-state index in [2.05, 4.69) is 9.97 Å². The van der Waals surface area contributed by atoms with E-state index >= 15 is 0 Å². The van der Waals surface area contributed by atoms with Gasteiger partial charge in [0.15, 0.2) is 0 Å². The number of nitrogens with zero attached hydrogens (tertiary/aromatic N) is 3. The molecule has 84 valence electrons. The molecule has 0 aliphatic heterocycles. The predicted molar refractivity (Wildman–Crippen MR) is 68.0 cm³/mol. The van der Waals surface area contributed by atoms with Crippen molar-refractivity contribution in [1.82, 2.24) is 14.4 Å². The number of fused-ring (bicyclic) bond motifs is 1. The SMILES string of the molecule is ClCc1ccn2cc(-c3ccncc3)nc2c1. The zero-order chi connectivity index (χ0) is 11.7. The molecule has 3 heterocycles. The van der Waals surface area contributed by atoms with Crippen molar-refractivity contribution in [3.8, 4) is 11.3 Å². The van der Waals surface area contributed by atoms with Crippen LogP contribution >= 0.6 is 11.6 Å². The lowest BCUT2D eigenvalue weighted by molar-refractivity contribution is 1.16. The summed E-state index contributed by atoms with van der Waals surface area (Å²) in [5, 5.41) is 0. The van der Waals surface area contributed by atoms with E-state index in [9.17, 15) is 0 Å². The van der Waals surface area contributed by atoms with Gasteiger partial charge in [0.2, 0.25) is 0 Å². The molecule has 0 spiro atoms. The highest BCUT2D eigenvalue weighted by atomic mass is 35.5. The molecule has 3 nitrogen and oxygen atoms in total. The zero-order valence-corrected chi connectivity index (χ0v) is 9.80. The first-order valence-electron chi connectivity index (χ1n) is 5.31.